The van der Waals surface area contributed by atoms with Crippen molar-refractivity contribution in [2.75, 3.05) is 0 Å². The van der Waals surface area contributed by atoms with Crippen LogP contribution in [0.2, 0.25) is 0 Å². The van der Waals surface area contributed by atoms with Gasteiger partial charge in [0.2, 0.25) is 0 Å². The summed E-state index contributed by atoms with van der Waals surface area (Å²) in [6, 6.07) is 0.771. The van der Waals surface area contributed by atoms with Crippen LogP contribution in [0, 0.1) is 6.92 Å². The van der Waals surface area contributed by atoms with Crippen molar-refractivity contribution in [3.8, 4) is 0 Å². The van der Waals surface area contributed by atoms with Gasteiger partial charge in [0, 0.05) is 37.8 Å². The Morgan fingerprint density at radius 2 is 1.97 bits per heavy atom. The molecule has 0 radical (unpaired) electrons. The number of hydrogen-bond acceptors (Lipinski definition) is 5. The summed E-state index contributed by atoms with van der Waals surface area (Å²) in [6.45, 7) is 1.90. The molecular weight excluding hydrogens is 403 g/mol. The van der Waals surface area contributed by atoms with Crippen molar-refractivity contribution in [3.05, 3.63) is 56.1 Å². The molecule has 1 saturated carbocycles. The van der Waals surface area contributed by atoms with E-state index in [9.17, 15) is 22.8 Å². The predicted octanol–water partition coefficient (Wildman–Crippen LogP) is 3.95. The molecule has 0 spiro atoms. The van der Waals surface area contributed by atoms with E-state index in [2.05, 4.69) is 9.97 Å². The first kappa shape index (κ1) is 19.8. The van der Waals surface area contributed by atoms with E-state index in [1.165, 1.54) is 18.4 Å². The zero-order valence-electron chi connectivity index (χ0n) is 15.8. The second-order valence-electron chi connectivity index (χ2n) is 7.42. The molecule has 0 N–H and O–H groups in total. The quantitative estimate of drug-likeness (QED) is 0.626. The van der Waals surface area contributed by atoms with Gasteiger partial charge in [-0.2, -0.15) is 13.2 Å². The minimum atomic E-state index is -4.58. The van der Waals surface area contributed by atoms with Crippen molar-refractivity contribution in [1.82, 2.24) is 14.5 Å². The van der Waals surface area contributed by atoms with Crippen LogP contribution in [0.1, 0.15) is 46.0 Å². The van der Waals surface area contributed by atoms with Gasteiger partial charge in [-0.25, -0.2) is 9.97 Å². The van der Waals surface area contributed by atoms with Crippen molar-refractivity contribution < 1.29 is 18.0 Å². The highest BCUT2D eigenvalue weighted by atomic mass is 32.1. The normalized spacial score (nSPS) is 14.5. The number of alkyl halides is 3. The minimum Gasteiger partial charge on any atom is -0.318 e. The van der Waals surface area contributed by atoms with E-state index in [-0.39, 0.29) is 24.2 Å². The molecule has 1 fully saturated rings. The fourth-order valence-electron chi connectivity index (χ4n) is 3.56. The third-order valence-electron chi connectivity index (χ3n) is 5.00. The van der Waals surface area contributed by atoms with Gasteiger partial charge in [0.25, 0.3) is 5.56 Å². The lowest BCUT2D eigenvalue weighted by molar-refractivity contribution is -0.138. The average Bonchev–Trinajstić information content (AvgIpc) is 3.38. The largest absolute Gasteiger partial charge is 0.417 e. The fourth-order valence-corrected chi connectivity index (χ4v) is 4.33. The summed E-state index contributed by atoms with van der Waals surface area (Å²) in [6.07, 6.45) is -0.477. The van der Waals surface area contributed by atoms with E-state index in [0.29, 0.717) is 5.92 Å². The van der Waals surface area contributed by atoms with Gasteiger partial charge >= 0.3 is 6.18 Å². The van der Waals surface area contributed by atoms with Crippen LogP contribution in [0.4, 0.5) is 13.2 Å². The molecule has 9 heteroatoms. The first-order chi connectivity index (χ1) is 13.6. The molecule has 152 valence electrons. The van der Waals surface area contributed by atoms with Gasteiger partial charge in [-0.05, 0) is 42.9 Å². The molecule has 0 atom stereocenters. The number of Topliss-reactive ketones (excluding diaryl/α,β-unsaturated/α-hetero) is 1. The topological polar surface area (TPSA) is 64.8 Å². The molecule has 29 heavy (non-hydrogen) atoms. The maximum atomic E-state index is 13.0. The summed E-state index contributed by atoms with van der Waals surface area (Å²) in [5.74, 6) is 0.0163. The van der Waals surface area contributed by atoms with Crippen molar-refractivity contribution in [2.45, 2.75) is 44.7 Å². The Kier molecular flexibility index (Phi) is 4.80. The van der Waals surface area contributed by atoms with E-state index >= 15 is 0 Å². The van der Waals surface area contributed by atoms with Crippen molar-refractivity contribution >= 4 is 27.5 Å². The second kappa shape index (κ2) is 7.05. The van der Waals surface area contributed by atoms with Crippen LogP contribution in [0.25, 0.3) is 10.3 Å². The summed E-state index contributed by atoms with van der Waals surface area (Å²) in [5.41, 5.74) is 0.887. The molecule has 1 aliphatic carbocycles. The predicted molar refractivity (Wildman–Crippen MR) is 103 cm³/mol. The van der Waals surface area contributed by atoms with Crippen LogP contribution in [0.5, 0.6) is 0 Å². The van der Waals surface area contributed by atoms with E-state index in [1.54, 1.807) is 6.20 Å². The van der Waals surface area contributed by atoms with Gasteiger partial charge in [-0.1, -0.05) is 11.3 Å². The number of ketones is 1. The Balaban J connectivity index is 1.64. The van der Waals surface area contributed by atoms with E-state index in [1.807, 2.05) is 6.92 Å². The fraction of sp³-hybridized carbons (Fsp3) is 0.400. The molecule has 3 aromatic rings. The van der Waals surface area contributed by atoms with Crippen LogP contribution in [-0.2, 0) is 30.9 Å². The lowest BCUT2D eigenvalue weighted by atomic mass is 9.97. The molecule has 0 amide bonds. The highest BCUT2D eigenvalue weighted by Gasteiger charge is 2.33. The summed E-state index contributed by atoms with van der Waals surface area (Å²) in [4.78, 5) is 34.7. The summed E-state index contributed by atoms with van der Waals surface area (Å²) in [5, 5.41) is 0.894. The van der Waals surface area contributed by atoms with Crippen LogP contribution in [0.3, 0.4) is 0 Å². The monoisotopic (exact) mass is 421 g/mol. The number of thiazole rings is 1. The van der Waals surface area contributed by atoms with E-state index < -0.39 is 17.3 Å². The zero-order valence-corrected chi connectivity index (χ0v) is 16.7. The number of rotatable bonds is 5. The summed E-state index contributed by atoms with van der Waals surface area (Å²) in [7, 11) is 1.25. The maximum Gasteiger partial charge on any atom is 0.417 e. The molecular formula is C20H18F3N3O2S. The number of nitrogens with zero attached hydrogens (tertiary/aromatic N) is 3. The van der Waals surface area contributed by atoms with Crippen molar-refractivity contribution in [1.29, 1.82) is 0 Å². The number of halogens is 3. The minimum absolute atomic E-state index is 0.0186. The van der Waals surface area contributed by atoms with E-state index in [0.717, 1.165) is 56.2 Å². The Bertz CT molecular complexity index is 1180. The number of fused-ring (bicyclic) bond motifs is 1. The number of carbonyl (C=O) groups is 1. The Labute approximate surface area is 168 Å². The van der Waals surface area contributed by atoms with Crippen LogP contribution < -0.4 is 5.56 Å². The smallest absolute Gasteiger partial charge is 0.318 e. The van der Waals surface area contributed by atoms with Gasteiger partial charge in [-0.15, -0.1) is 0 Å². The number of hydrogen-bond donors (Lipinski definition) is 0. The summed E-state index contributed by atoms with van der Waals surface area (Å²) >= 11 is 1.49. The highest BCUT2D eigenvalue weighted by Crippen LogP contribution is 2.45. The number of pyridine rings is 2. The average molecular weight is 421 g/mol. The number of aryl methyl sites for hydroxylation is 2. The van der Waals surface area contributed by atoms with Crippen molar-refractivity contribution in [3.63, 3.8) is 0 Å². The van der Waals surface area contributed by atoms with E-state index in [4.69, 9.17) is 0 Å². The molecule has 0 aromatic carbocycles. The van der Waals surface area contributed by atoms with Crippen molar-refractivity contribution in [2.24, 2.45) is 7.05 Å². The lowest BCUT2D eigenvalue weighted by Gasteiger charge is -2.12. The number of carbonyl (C=O) groups excluding carboxylic acids is 1. The number of aromatic nitrogens is 3. The summed E-state index contributed by atoms with van der Waals surface area (Å²) < 4.78 is 40.0. The van der Waals surface area contributed by atoms with Crippen LogP contribution in [0.15, 0.2) is 23.3 Å². The van der Waals surface area contributed by atoms with Gasteiger partial charge in [0.1, 0.15) is 16.1 Å². The Morgan fingerprint density at radius 1 is 1.28 bits per heavy atom. The van der Waals surface area contributed by atoms with Gasteiger partial charge in [0.05, 0.1) is 10.6 Å². The second-order valence-corrected chi connectivity index (χ2v) is 8.60. The highest BCUT2D eigenvalue weighted by molar-refractivity contribution is 7.18. The lowest BCUT2D eigenvalue weighted by Crippen LogP contribution is -2.25. The Morgan fingerprint density at radius 3 is 2.62 bits per heavy atom. The Hall–Kier alpha value is -2.55. The molecule has 0 aliphatic heterocycles. The third-order valence-corrected chi connectivity index (χ3v) is 5.88. The molecule has 3 heterocycles. The zero-order chi connectivity index (χ0) is 20.9. The molecule has 5 nitrogen and oxygen atoms in total. The van der Waals surface area contributed by atoms with Gasteiger partial charge in [0.15, 0.2) is 0 Å². The molecule has 1 aliphatic rings. The first-order valence-electron chi connectivity index (χ1n) is 9.17. The molecule has 0 unspecified atom stereocenters. The SMILES string of the molecule is Cc1nc2c(C3CC3)c(CC(=O)Cc3cc(C(F)(F)F)cn(C)c3=O)cnc2s1. The van der Waals surface area contributed by atoms with Crippen LogP contribution >= 0.6 is 11.3 Å². The molecule has 0 bridgehead atoms. The van der Waals surface area contributed by atoms with Gasteiger partial charge in [-0.3, -0.25) is 9.59 Å². The molecule has 0 saturated heterocycles. The third kappa shape index (κ3) is 3.96. The van der Waals surface area contributed by atoms with Crippen LogP contribution in [-0.4, -0.2) is 20.3 Å². The first-order valence-corrected chi connectivity index (χ1v) is 9.98. The standard InChI is InChI=1S/C20H18F3N3O2S/c1-10-25-17-16(11-3-4-11)13(8-24-18(17)29-10)7-15(27)6-12-5-14(20(21,22)23)9-26(2)19(12)28/h5,8-9,11H,3-4,6-7H2,1-2H3. The molecule has 4 rings (SSSR count). The maximum absolute atomic E-state index is 13.0. The van der Waals surface area contributed by atoms with Gasteiger partial charge < -0.3 is 4.57 Å². The molecule has 3 aromatic heterocycles.